The summed E-state index contributed by atoms with van der Waals surface area (Å²) in [5.41, 5.74) is 4.93. The molecule has 1 amide bonds. The molecule has 6 heteroatoms. The molecule has 2 aromatic carbocycles. The van der Waals surface area contributed by atoms with Crippen molar-refractivity contribution in [2.45, 2.75) is 32.6 Å². The summed E-state index contributed by atoms with van der Waals surface area (Å²) in [6.07, 6.45) is 2.34. The Morgan fingerprint density at radius 1 is 1.07 bits per heavy atom. The molecule has 1 aliphatic carbocycles. The number of fused-ring (bicyclic) bond motifs is 1. The number of hydrogen-bond acceptors (Lipinski definition) is 4. The van der Waals surface area contributed by atoms with Crippen LogP contribution in [0.15, 0.2) is 48.5 Å². The molecule has 0 unspecified atom stereocenters. The molecular formula is C23H21N5O. The van der Waals surface area contributed by atoms with Crippen molar-refractivity contribution in [3.05, 3.63) is 71.2 Å². The lowest BCUT2D eigenvalue weighted by Crippen LogP contribution is -2.13. The topological polar surface area (TPSA) is 83.6 Å². The minimum absolute atomic E-state index is 0.156. The average molecular weight is 383 g/mol. The van der Waals surface area contributed by atoms with Crippen molar-refractivity contribution < 1.29 is 4.79 Å². The van der Waals surface area contributed by atoms with E-state index < -0.39 is 0 Å². The van der Waals surface area contributed by atoms with E-state index in [0.29, 0.717) is 23.0 Å². The summed E-state index contributed by atoms with van der Waals surface area (Å²) in [6, 6.07) is 15.4. The summed E-state index contributed by atoms with van der Waals surface area (Å²) in [4.78, 5) is 22.2. The first-order chi connectivity index (χ1) is 14.1. The summed E-state index contributed by atoms with van der Waals surface area (Å²) in [5, 5.41) is 11.2. The number of benzene rings is 2. The maximum Gasteiger partial charge on any atom is 0.256 e. The number of carbonyl (C=O) groups excluding carboxylic acids is 1. The lowest BCUT2D eigenvalue weighted by Gasteiger charge is -2.10. The molecule has 0 spiro atoms. The fourth-order valence-electron chi connectivity index (χ4n) is 3.54. The zero-order valence-electron chi connectivity index (χ0n) is 16.4. The van der Waals surface area contributed by atoms with Gasteiger partial charge in [0.15, 0.2) is 5.82 Å². The van der Waals surface area contributed by atoms with Crippen molar-refractivity contribution in [2.24, 2.45) is 0 Å². The molecule has 144 valence electrons. The average Bonchev–Trinajstić information content (AvgIpc) is 3.44. The molecule has 1 saturated carbocycles. The van der Waals surface area contributed by atoms with Crippen LogP contribution < -0.4 is 5.32 Å². The van der Waals surface area contributed by atoms with Crippen LogP contribution in [0.5, 0.6) is 0 Å². The van der Waals surface area contributed by atoms with Crippen LogP contribution in [-0.2, 0) is 0 Å². The maximum absolute atomic E-state index is 13.1. The third kappa shape index (κ3) is 3.49. The van der Waals surface area contributed by atoms with E-state index in [2.05, 4.69) is 25.5 Å². The van der Waals surface area contributed by atoms with Crippen molar-refractivity contribution in [3.8, 4) is 11.4 Å². The number of amides is 1. The first kappa shape index (κ1) is 17.6. The van der Waals surface area contributed by atoms with Gasteiger partial charge in [-0.2, -0.15) is 5.10 Å². The molecule has 5 rings (SSSR count). The first-order valence-electron chi connectivity index (χ1n) is 9.79. The zero-order valence-corrected chi connectivity index (χ0v) is 16.4. The molecule has 0 saturated heterocycles. The maximum atomic E-state index is 13.1. The SMILES string of the molecule is Cc1ccc2nc(C)cc(C(=O)Nc3cccc(-c4n[nH]c(C5CC5)n4)c3)c2c1. The number of nitrogens with zero attached hydrogens (tertiary/aromatic N) is 3. The van der Waals surface area contributed by atoms with Gasteiger partial charge in [-0.25, -0.2) is 4.98 Å². The van der Waals surface area contributed by atoms with E-state index in [1.54, 1.807) is 0 Å². The summed E-state index contributed by atoms with van der Waals surface area (Å²) >= 11 is 0. The van der Waals surface area contributed by atoms with E-state index in [4.69, 9.17) is 0 Å². The number of pyridine rings is 1. The molecule has 0 radical (unpaired) electrons. The number of aromatic amines is 1. The number of rotatable bonds is 4. The number of carbonyl (C=O) groups is 1. The lowest BCUT2D eigenvalue weighted by molar-refractivity contribution is 0.102. The van der Waals surface area contributed by atoms with Crippen LogP contribution in [-0.4, -0.2) is 26.1 Å². The van der Waals surface area contributed by atoms with Gasteiger partial charge >= 0.3 is 0 Å². The van der Waals surface area contributed by atoms with Crippen LogP contribution in [0.4, 0.5) is 5.69 Å². The van der Waals surface area contributed by atoms with Gasteiger partial charge in [-0.15, -0.1) is 0 Å². The van der Waals surface area contributed by atoms with Gasteiger partial charge in [0, 0.05) is 28.2 Å². The normalized spacial score (nSPS) is 13.6. The second kappa shape index (κ2) is 6.81. The Bertz CT molecular complexity index is 1240. The molecule has 6 nitrogen and oxygen atoms in total. The Balaban J connectivity index is 1.45. The molecule has 29 heavy (non-hydrogen) atoms. The smallest absolute Gasteiger partial charge is 0.256 e. The molecule has 1 aliphatic rings. The van der Waals surface area contributed by atoms with Crippen molar-refractivity contribution in [3.63, 3.8) is 0 Å². The Morgan fingerprint density at radius 2 is 1.93 bits per heavy atom. The third-order valence-corrected chi connectivity index (χ3v) is 5.18. The minimum atomic E-state index is -0.156. The highest BCUT2D eigenvalue weighted by Crippen LogP contribution is 2.38. The first-order valence-corrected chi connectivity index (χ1v) is 9.79. The number of hydrogen-bond donors (Lipinski definition) is 2. The quantitative estimate of drug-likeness (QED) is 0.532. The van der Waals surface area contributed by atoms with Crippen LogP contribution in [0, 0.1) is 13.8 Å². The third-order valence-electron chi connectivity index (χ3n) is 5.18. The molecule has 2 aromatic heterocycles. The van der Waals surface area contributed by atoms with Gasteiger partial charge in [0.05, 0.1) is 11.1 Å². The van der Waals surface area contributed by atoms with Crippen LogP contribution in [0.3, 0.4) is 0 Å². The van der Waals surface area contributed by atoms with Gasteiger partial charge in [-0.05, 0) is 57.0 Å². The van der Waals surface area contributed by atoms with Gasteiger partial charge in [0.2, 0.25) is 0 Å². The Labute approximate surface area is 168 Å². The number of aromatic nitrogens is 4. The summed E-state index contributed by atoms with van der Waals surface area (Å²) in [5.74, 6) is 1.97. The number of aryl methyl sites for hydroxylation is 2. The fraction of sp³-hybridized carbons (Fsp3) is 0.217. The summed E-state index contributed by atoms with van der Waals surface area (Å²) in [7, 11) is 0. The van der Waals surface area contributed by atoms with E-state index in [0.717, 1.165) is 33.5 Å². The zero-order chi connectivity index (χ0) is 20.0. The van der Waals surface area contributed by atoms with Crippen LogP contribution in [0.2, 0.25) is 0 Å². The van der Waals surface area contributed by atoms with E-state index in [1.165, 1.54) is 12.8 Å². The summed E-state index contributed by atoms with van der Waals surface area (Å²) < 4.78 is 0. The molecule has 1 fully saturated rings. The van der Waals surface area contributed by atoms with Crippen LogP contribution in [0.1, 0.15) is 46.2 Å². The predicted molar refractivity (Wildman–Crippen MR) is 113 cm³/mol. The van der Waals surface area contributed by atoms with Gasteiger partial charge in [-0.3, -0.25) is 14.9 Å². The standard InChI is InChI=1S/C23H21N5O/c1-13-6-9-20-18(10-13)19(11-14(2)24-20)23(29)25-17-5-3-4-16(12-17)22-26-21(27-28-22)15-7-8-15/h3-6,9-12,15H,7-8H2,1-2H3,(H,25,29)(H,26,27,28). The molecule has 0 bridgehead atoms. The van der Waals surface area contributed by atoms with Crippen LogP contribution in [0.25, 0.3) is 22.3 Å². The number of nitrogens with one attached hydrogen (secondary N) is 2. The van der Waals surface area contributed by atoms with Gasteiger partial charge in [-0.1, -0.05) is 23.8 Å². The van der Waals surface area contributed by atoms with Gasteiger partial charge in [0.25, 0.3) is 5.91 Å². The Hall–Kier alpha value is -3.54. The van der Waals surface area contributed by atoms with Crippen LogP contribution >= 0.6 is 0 Å². The monoisotopic (exact) mass is 383 g/mol. The highest BCUT2D eigenvalue weighted by atomic mass is 16.1. The van der Waals surface area contributed by atoms with Crippen molar-refractivity contribution >= 4 is 22.5 Å². The van der Waals surface area contributed by atoms with E-state index in [1.807, 2.05) is 62.4 Å². The van der Waals surface area contributed by atoms with Crippen molar-refractivity contribution in [1.82, 2.24) is 20.2 Å². The highest BCUT2D eigenvalue weighted by molar-refractivity contribution is 6.12. The predicted octanol–water partition coefficient (Wildman–Crippen LogP) is 4.77. The second-order valence-electron chi connectivity index (χ2n) is 7.69. The van der Waals surface area contributed by atoms with Crippen molar-refractivity contribution in [1.29, 1.82) is 0 Å². The Morgan fingerprint density at radius 3 is 2.76 bits per heavy atom. The minimum Gasteiger partial charge on any atom is -0.322 e. The summed E-state index contributed by atoms with van der Waals surface area (Å²) in [6.45, 7) is 3.91. The van der Waals surface area contributed by atoms with Crippen molar-refractivity contribution in [2.75, 3.05) is 5.32 Å². The molecule has 2 N–H and O–H groups in total. The second-order valence-corrected chi connectivity index (χ2v) is 7.69. The molecular weight excluding hydrogens is 362 g/mol. The van der Waals surface area contributed by atoms with E-state index >= 15 is 0 Å². The van der Waals surface area contributed by atoms with Gasteiger partial charge in [0.1, 0.15) is 5.82 Å². The molecule has 4 aromatic rings. The fourth-order valence-corrected chi connectivity index (χ4v) is 3.54. The largest absolute Gasteiger partial charge is 0.322 e. The number of H-pyrrole nitrogens is 1. The molecule has 0 aliphatic heterocycles. The molecule has 2 heterocycles. The molecule has 0 atom stereocenters. The van der Waals surface area contributed by atoms with E-state index in [9.17, 15) is 4.79 Å². The highest BCUT2D eigenvalue weighted by Gasteiger charge is 2.27. The van der Waals surface area contributed by atoms with Gasteiger partial charge < -0.3 is 5.32 Å². The Kier molecular flexibility index (Phi) is 4.12. The number of anilines is 1. The lowest BCUT2D eigenvalue weighted by atomic mass is 10.0. The van der Waals surface area contributed by atoms with E-state index in [-0.39, 0.29) is 5.91 Å².